The molecule has 1 aromatic heterocycles. The normalized spacial score (nSPS) is 18.9. The molecule has 0 spiro atoms. The molecule has 0 amide bonds. The molecule has 1 aliphatic rings. The zero-order valence-corrected chi connectivity index (χ0v) is 16.1. The second kappa shape index (κ2) is 6.80. The largest absolute Gasteiger partial charge is 0.478 e. The first-order valence-corrected chi connectivity index (χ1v) is 11.2. The average Bonchev–Trinajstić information content (AvgIpc) is 2.92. The van der Waals surface area contributed by atoms with Gasteiger partial charge in [0.15, 0.2) is 8.32 Å². The minimum atomic E-state index is -1.76. The first-order chi connectivity index (χ1) is 11.0. The van der Waals surface area contributed by atoms with Crippen molar-refractivity contribution in [3.8, 4) is 0 Å². The van der Waals surface area contributed by atoms with Gasteiger partial charge in [-0.15, -0.1) is 0 Å². The third-order valence-electron chi connectivity index (χ3n) is 5.16. The predicted molar refractivity (Wildman–Crippen MR) is 94.6 cm³/mol. The van der Waals surface area contributed by atoms with E-state index in [2.05, 4.69) is 38.8 Å². The summed E-state index contributed by atoms with van der Waals surface area (Å²) >= 11 is 0. The number of aromatic carboxylic acids is 1. The lowest BCUT2D eigenvalue weighted by atomic mass is 10.1. The zero-order valence-electron chi connectivity index (χ0n) is 15.1. The Morgan fingerprint density at radius 2 is 2.12 bits per heavy atom. The molecule has 1 aliphatic heterocycles. The molecule has 1 unspecified atom stereocenters. The van der Waals surface area contributed by atoms with Crippen LogP contribution in [0, 0.1) is 11.9 Å². The number of aromatic nitrogens is 1. The standard InChI is InChI=1S/C17H27FN2O3Si/c1-17(2,3)24(4,5)23-11-12-8-9-20(10-12)14-7-6-13(16(21)22)15(18)19-14/h6-7,12H,8-11H2,1-5H3,(H,21,22). The Kier molecular flexibility index (Phi) is 5.34. The Labute approximate surface area is 144 Å². The molecule has 134 valence electrons. The fraction of sp³-hybridized carbons (Fsp3) is 0.647. The minimum Gasteiger partial charge on any atom is -0.478 e. The zero-order chi connectivity index (χ0) is 18.1. The molecule has 7 heteroatoms. The van der Waals surface area contributed by atoms with Gasteiger partial charge in [-0.25, -0.2) is 9.78 Å². The van der Waals surface area contributed by atoms with Crippen LogP contribution in [0.25, 0.3) is 0 Å². The maximum absolute atomic E-state index is 13.7. The van der Waals surface area contributed by atoms with Gasteiger partial charge in [0.2, 0.25) is 5.95 Å². The highest BCUT2D eigenvalue weighted by Crippen LogP contribution is 2.37. The van der Waals surface area contributed by atoms with Gasteiger partial charge in [-0.05, 0) is 36.7 Å². The Morgan fingerprint density at radius 1 is 1.46 bits per heavy atom. The maximum atomic E-state index is 13.7. The molecule has 1 N–H and O–H groups in total. The van der Waals surface area contributed by atoms with E-state index in [0.29, 0.717) is 18.3 Å². The Balaban J connectivity index is 1.96. The second-order valence-corrected chi connectivity index (χ2v) is 12.8. The molecular formula is C17H27FN2O3Si. The molecule has 0 bridgehead atoms. The van der Waals surface area contributed by atoms with E-state index in [1.54, 1.807) is 6.07 Å². The maximum Gasteiger partial charge on any atom is 0.340 e. The quantitative estimate of drug-likeness (QED) is 0.644. The van der Waals surface area contributed by atoms with Crippen molar-refractivity contribution in [3.05, 3.63) is 23.6 Å². The van der Waals surface area contributed by atoms with Crippen LogP contribution in [-0.2, 0) is 4.43 Å². The van der Waals surface area contributed by atoms with Gasteiger partial charge in [0.05, 0.1) is 0 Å². The summed E-state index contributed by atoms with van der Waals surface area (Å²) in [5.41, 5.74) is -0.393. The van der Waals surface area contributed by atoms with Gasteiger partial charge in [-0.1, -0.05) is 20.8 Å². The van der Waals surface area contributed by atoms with E-state index in [1.807, 2.05) is 4.90 Å². The van der Waals surface area contributed by atoms with E-state index in [0.717, 1.165) is 19.5 Å². The summed E-state index contributed by atoms with van der Waals surface area (Å²) in [5, 5.41) is 9.05. The topological polar surface area (TPSA) is 62.7 Å². The number of halogens is 1. The number of carbonyl (C=O) groups is 1. The fourth-order valence-corrected chi connectivity index (χ4v) is 3.57. The monoisotopic (exact) mass is 354 g/mol. The summed E-state index contributed by atoms with van der Waals surface area (Å²) in [6.07, 6.45) is 0.971. The summed E-state index contributed by atoms with van der Waals surface area (Å²) in [6.45, 7) is 13.4. The Hall–Kier alpha value is -1.47. The van der Waals surface area contributed by atoms with Crippen LogP contribution in [0.2, 0.25) is 18.1 Å². The van der Waals surface area contributed by atoms with Crippen molar-refractivity contribution in [1.29, 1.82) is 0 Å². The molecule has 0 aliphatic carbocycles. The number of carboxylic acids is 1. The molecule has 5 nitrogen and oxygen atoms in total. The van der Waals surface area contributed by atoms with Crippen molar-refractivity contribution in [3.63, 3.8) is 0 Å². The highest BCUT2D eigenvalue weighted by atomic mass is 28.4. The van der Waals surface area contributed by atoms with Gasteiger partial charge < -0.3 is 14.4 Å². The van der Waals surface area contributed by atoms with Gasteiger partial charge in [0, 0.05) is 25.6 Å². The average molecular weight is 354 g/mol. The van der Waals surface area contributed by atoms with Crippen molar-refractivity contribution in [2.45, 2.75) is 45.3 Å². The molecule has 0 saturated carbocycles. The van der Waals surface area contributed by atoms with Crippen molar-refractivity contribution >= 4 is 20.1 Å². The number of anilines is 1. The highest BCUT2D eigenvalue weighted by molar-refractivity contribution is 6.74. The second-order valence-electron chi connectivity index (χ2n) is 7.99. The van der Waals surface area contributed by atoms with Crippen LogP contribution in [-0.4, -0.2) is 44.1 Å². The van der Waals surface area contributed by atoms with Crippen molar-refractivity contribution in [2.24, 2.45) is 5.92 Å². The number of nitrogens with zero attached hydrogens (tertiary/aromatic N) is 2. The molecule has 1 atom stereocenters. The van der Waals surface area contributed by atoms with E-state index >= 15 is 0 Å². The van der Waals surface area contributed by atoms with E-state index in [9.17, 15) is 9.18 Å². The van der Waals surface area contributed by atoms with Crippen LogP contribution < -0.4 is 4.90 Å². The van der Waals surface area contributed by atoms with E-state index in [4.69, 9.17) is 9.53 Å². The number of pyridine rings is 1. The Bertz CT molecular complexity index is 616. The number of hydrogen-bond donors (Lipinski definition) is 1. The van der Waals surface area contributed by atoms with Crippen LogP contribution in [0.5, 0.6) is 0 Å². The molecule has 2 heterocycles. The summed E-state index contributed by atoms with van der Waals surface area (Å²) in [4.78, 5) is 16.7. The molecular weight excluding hydrogens is 327 g/mol. The lowest BCUT2D eigenvalue weighted by Crippen LogP contribution is -2.42. The third-order valence-corrected chi connectivity index (χ3v) is 9.66. The van der Waals surface area contributed by atoms with Crippen LogP contribution in [0.15, 0.2) is 12.1 Å². The van der Waals surface area contributed by atoms with Crippen LogP contribution >= 0.6 is 0 Å². The number of carboxylic acid groups (broad SMARTS) is 1. The summed E-state index contributed by atoms with van der Waals surface area (Å²) in [7, 11) is -1.76. The van der Waals surface area contributed by atoms with Crippen LogP contribution in [0.1, 0.15) is 37.6 Å². The van der Waals surface area contributed by atoms with E-state index in [1.165, 1.54) is 6.07 Å². The van der Waals surface area contributed by atoms with Crippen molar-refractivity contribution in [1.82, 2.24) is 4.98 Å². The SMILES string of the molecule is CC(C)(C)[Si](C)(C)OCC1CCN(c2ccc(C(=O)O)c(F)n2)C1. The van der Waals surface area contributed by atoms with Gasteiger partial charge in [0.25, 0.3) is 0 Å². The van der Waals surface area contributed by atoms with Gasteiger partial charge in [-0.3, -0.25) is 0 Å². The third kappa shape index (κ3) is 4.13. The summed E-state index contributed by atoms with van der Waals surface area (Å²) in [5.74, 6) is -1.34. The van der Waals surface area contributed by atoms with Crippen molar-refractivity contribution in [2.75, 3.05) is 24.6 Å². The number of hydrogen-bond acceptors (Lipinski definition) is 4. The fourth-order valence-electron chi connectivity index (χ4n) is 2.48. The molecule has 0 radical (unpaired) electrons. The van der Waals surface area contributed by atoms with Crippen LogP contribution in [0.3, 0.4) is 0 Å². The first-order valence-electron chi connectivity index (χ1n) is 8.30. The molecule has 1 aromatic rings. The van der Waals surface area contributed by atoms with Gasteiger partial charge in [0.1, 0.15) is 11.4 Å². The van der Waals surface area contributed by atoms with Crippen molar-refractivity contribution < 1.29 is 18.7 Å². The molecule has 1 fully saturated rings. The van der Waals surface area contributed by atoms with E-state index < -0.39 is 25.8 Å². The van der Waals surface area contributed by atoms with Gasteiger partial charge >= 0.3 is 5.97 Å². The minimum absolute atomic E-state index is 0.183. The van der Waals surface area contributed by atoms with E-state index in [-0.39, 0.29) is 5.04 Å². The smallest absolute Gasteiger partial charge is 0.340 e. The van der Waals surface area contributed by atoms with Gasteiger partial charge in [-0.2, -0.15) is 4.39 Å². The lowest BCUT2D eigenvalue weighted by Gasteiger charge is -2.37. The highest BCUT2D eigenvalue weighted by Gasteiger charge is 2.38. The summed E-state index contributed by atoms with van der Waals surface area (Å²) in [6, 6.07) is 2.85. The first kappa shape index (κ1) is 18.9. The molecule has 0 aromatic carbocycles. The molecule has 1 saturated heterocycles. The predicted octanol–water partition coefficient (Wildman–Crippen LogP) is 3.77. The summed E-state index contributed by atoms with van der Waals surface area (Å²) < 4.78 is 20.0. The number of rotatable bonds is 5. The Morgan fingerprint density at radius 3 is 2.67 bits per heavy atom. The lowest BCUT2D eigenvalue weighted by molar-refractivity contribution is 0.0691. The molecule has 2 rings (SSSR count). The molecule has 24 heavy (non-hydrogen) atoms. The van der Waals surface area contributed by atoms with Crippen LogP contribution in [0.4, 0.5) is 10.2 Å².